The van der Waals surface area contributed by atoms with E-state index in [1.165, 1.54) is 25.7 Å². The molecule has 1 atom stereocenters. The van der Waals surface area contributed by atoms with E-state index in [2.05, 4.69) is 0 Å². The average molecular weight is 157 g/mol. The van der Waals surface area contributed by atoms with Crippen LogP contribution in [0.1, 0.15) is 39.0 Å². The minimum Gasteiger partial charge on any atom is -0.393 e. The zero-order valence-electron chi connectivity index (χ0n) is 7.34. The average Bonchev–Trinajstić information content (AvgIpc) is 2.70. The summed E-state index contributed by atoms with van der Waals surface area (Å²) in [5.74, 6) is 0. The number of hydrogen-bond acceptors (Lipinski definition) is 2. The van der Waals surface area contributed by atoms with Crippen LogP contribution in [0.5, 0.6) is 0 Å². The summed E-state index contributed by atoms with van der Waals surface area (Å²) >= 11 is 0. The van der Waals surface area contributed by atoms with Crippen molar-refractivity contribution in [3.05, 3.63) is 0 Å². The Kier molecular flexibility index (Phi) is 2.90. The minimum atomic E-state index is -0.111. The summed E-state index contributed by atoms with van der Waals surface area (Å²) in [5.41, 5.74) is 5.69. The van der Waals surface area contributed by atoms with Gasteiger partial charge in [0.25, 0.3) is 0 Å². The molecule has 0 spiro atoms. The van der Waals surface area contributed by atoms with E-state index in [0.29, 0.717) is 5.41 Å². The van der Waals surface area contributed by atoms with E-state index in [1.54, 1.807) is 0 Å². The van der Waals surface area contributed by atoms with Crippen molar-refractivity contribution in [1.82, 2.24) is 0 Å². The third kappa shape index (κ3) is 2.17. The van der Waals surface area contributed by atoms with E-state index in [9.17, 15) is 5.11 Å². The predicted octanol–water partition coefficient (Wildman–Crippen LogP) is 1.28. The second kappa shape index (κ2) is 3.55. The summed E-state index contributed by atoms with van der Waals surface area (Å²) in [6.45, 7) is 2.70. The number of hydrogen-bond donors (Lipinski definition) is 2. The molecule has 0 amide bonds. The zero-order valence-corrected chi connectivity index (χ0v) is 7.34. The summed E-state index contributed by atoms with van der Waals surface area (Å²) < 4.78 is 0. The number of rotatable bonds is 5. The molecule has 66 valence electrons. The maximum absolute atomic E-state index is 9.41. The van der Waals surface area contributed by atoms with Crippen molar-refractivity contribution in [2.24, 2.45) is 11.1 Å². The lowest BCUT2D eigenvalue weighted by Crippen LogP contribution is -2.18. The molecule has 1 aliphatic carbocycles. The van der Waals surface area contributed by atoms with Crippen molar-refractivity contribution in [2.75, 3.05) is 6.54 Å². The van der Waals surface area contributed by atoms with Crippen molar-refractivity contribution in [1.29, 1.82) is 0 Å². The van der Waals surface area contributed by atoms with Gasteiger partial charge in [-0.3, -0.25) is 0 Å². The molecule has 0 heterocycles. The fraction of sp³-hybridized carbons (Fsp3) is 1.00. The van der Waals surface area contributed by atoms with Gasteiger partial charge in [0.15, 0.2) is 0 Å². The fourth-order valence-corrected chi connectivity index (χ4v) is 1.66. The van der Waals surface area contributed by atoms with Crippen LogP contribution in [0.25, 0.3) is 0 Å². The van der Waals surface area contributed by atoms with E-state index in [1.807, 2.05) is 6.92 Å². The first-order chi connectivity index (χ1) is 5.21. The number of unbranched alkanes of at least 4 members (excludes halogenated alkanes) is 1. The van der Waals surface area contributed by atoms with Gasteiger partial charge in [-0.1, -0.05) is 6.42 Å². The first kappa shape index (κ1) is 9.01. The zero-order chi connectivity index (χ0) is 8.32. The highest BCUT2D eigenvalue weighted by Crippen LogP contribution is 2.52. The largest absolute Gasteiger partial charge is 0.393 e. The van der Waals surface area contributed by atoms with Gasteiger partial charge < -0.3 is 10.8 Å². The summed E-state index contributed by atoms with van der Waals surface area (Å²) in [4.78, 5) is 0. The first-order valence-electron chi connectivity index (χ1n) is 4.59. The van der Waals surface area contributed by atoms with Gasteiger partial charge >= 0.3 is 0 Å². The SMILES string of the molecule is C[C@H](O)C1(CCCCN)CC1. The lowest BCUT2D eigenvalue weighted by atomic mass is 9.94. The molecule has 1 saturated carbocycles. The highest BCUT2D eigenvalue weighted by molar-refractivity contribution is 4.96. The third-order valence-corrected chi connectivity index (χ3v) is 2.91. The van der Waals surface area contributed by atoms with Gasteiger partial charge in [-0.2, -0.15) is 0 Å². The van der Waals surface area contributed by atoms with Crippen molar-refractivity contribution in [3.63, 3.8) is 0 Å². The van der Waals surface area contributed by atoms with Gasteiger partial charge in [0.2, 0.25) is 0 Å². The molecule has 2 heteroatoms. The Labute approximate surface area is 68.8 Å². The van der Waals surface area contributed by atoms with Crippen LogP contribution in [0.4, 0.5) is 0 Å². The van der Waals surface area contributed by atoms with E-state index in [4.69, 9.17) is 5.73 Å². The number of aliphatic hydroxyl groups is 1. The van der Waals surface area contributed by atoms with Gasteiger partial charge in [0.05, 0.1) is 6.10 Å². The Balaban J connectivity index is 2.14. The molecule has 0 aromatic heterocycles. The molecule has 1 aliphatic rings. The smallest absolute Gasteiger partial charge is 0.0568 e. The van der Waals surface area contributed by atoms with Crippen LogP contribution < -0.4 is 5.73 Å². The second-order valence-electron chi connectivity index (χ2n) is 3.78. The van der Waals surface area contributed by atoms with E-state index in [-0.39, 0.29) is 6.10 Å². The molecule has 0 bridgehead atoms. The maximum Gasteiger partial charge on any atom is 0.0568 e. The molecular formula is C9H19NO. The van der Waals surface area contributed by atoms with E-state index < -0.39 is 0 Å². The highest BCUT2D eigenvalue weighted by Gasteiger charge is 2.45. The molecule has 1 fully saturated rings. The molecule has 2 nitrogen and oxygen atoms in total. The summed E-state index contributed by atoms with van der Waals surface area (Å²) in [7, 11) is 0. The summed E-state index contributed by atoms with van der Waals surface area (Å²) in [5, 5.41) is 9.41. The van der Waals surface area contributed by atoms with Crippen LogP contribution in [0.15, 0.2) is 0 Å². The Morgan fingerprint density at radius 2 is 2.09 bits per heavy atom. The van der Waals surface area contributed by atoms with Crippen molar-refractivity contribution < 1.29 is 5.11 Å². The topological polar surface area (TPSA) is 46.2 Å². The molecule has 11 heavy (non-hydrogen) atoms. The van der Waals surface area contributed by atoms with Gasteiger partial charge in [-0.25, -0.2) is 0 Å². The van der Waals surface area contributed by atoms with Gasteiger partial charge in [-0.05, 0) is 44.6 Å². The Bertz CT molecular complexity index is 119. The molecule has 0 radical (unpaired) electrons. The highest BCUT2D eigenvalue weighted by atomic mass is 16.3. The van der Waals surface area contributed by atoms with Gasteiger partial charge in [-0.15, -0.1) is 0 Å². The molecule has 3 N–H and O–H groups in total. The Morgan fingerprint density at radius 1 is 1.45 bits per heavy atom. The van der Waals surface area contributed by atoms with Crippen LogP contribution in [0.2, 0.25) is 0 Å². The third-order valence-electron chi connectivity index (χ3n) is 2.91. The van der Waals surface area contributed by atoms with Gasteiger partial charge in [0, 0.05) is 0 Å². The fourth-order valence-electron chi connectivity index (χ4n) is 1.66. The number of aliphatic hydroxyl groups excluding tert-OH is 1. The standard InChI is InChI=1S/C9H19NO/c1-8(11)9(5-6-9)4-2-3-7-10/h8,11H,2-7,10H2,1H3/t8-/m0/s1. The van der Waals surface area contributed by atoms with Crippen molar-refractivity contribution >= 4 is 0 Å². The van der Waals surface area contributed by atoms with Crippen LogP contribution in [-0.4, -0.2) is 17.8 Å². The molecule has 0 aromatic rings. The van der Waals surface area contributed by atoms with Crippen molar-refractivity contribution in [2.45, 2.75) is 45.1 Å². The molecule has 0 aromatic carbocycles. The molecule has 1 rings (SSSR count). The Hall–Kier alpha value is -0.0800. The van der Waals surface area contributed by atoms with E-state index in [0.717, 1.165) is 13.0 Å². The minimum absolute atomic E-state index is 0.111. The normalized spacial score (nSPS) is 23.2. The van der Waals surface area contributed by atoms with Crippen molar-refractivity contribution in [3.8, 4) is 0 Å². The quantitative estimate of drug-likeness (QED) is 0.590. The molecule has 0 aliphatic heterocycles. The van der Waals surface area contributed by atoms with Crippen LogP contribution in [-0.2, 0) is 0 Å². The summed E-state index contributed by atoms with van der Waals surface area (Å²) in [6.07, 6.45) is 5.78. The first-order valence-corrected chi connectivity index (χ1v) is 4.59. The lowest BCUT2D eigenvalue weighted by molar-refractivity contribution is 0.103. The number of nitrogens with two attached hydrogens (primary N) is 1. The van der Waals surface area contributed by atoms with Gasteiger partial charge in [0.1, 0.15) is 0 Å². The second-order valence-corrected chi connectivity index (χ2v) is 3.78. The maximum atomic E-state index is 9.41. The van der Waals surface area contributed by atoms with E-state index >= 15 is 0 Å². The monoisotopic (exact) mass is 157 g/mol. The lowest BCUT2D eigenvalue weighted by Gasteiger charge is -2.17. The summed E-state index contributed by atoms with van der Waals surface area (Å²) in [6, 6.07) is 0. The molecular weight excluding hydrogens is 138 g/mol. The van der Waals surface area contributed by atoms with Crippen LogP contribution >= 0.6 is 0 Å². The van der Waals surface area contributed by atoms with Crippen LogP contribution in [0, 0.1) is 5.41 Å². The Morgan fingerprint density at radius 3 is 2.45 bits per heavy atom. The van der Waals surface area contributed by atoms with Crippen LogP contribution in [0.3, 0.4) is 0 Å². The molecule has 0 unspecified atom stereocenters. The molecule has 0 saturated heterocycles. The predicted molar refractivity (Wildman–Crippen MR) is 46.3 cm³/mol.